The highest BCUT2D eigenvalue weighted by Gasteiger charge is 1.95. The van der Waals surface area contributed by atoms with E-state index in [0.29, 0.717) is 0 Å². The molecule has 0 aromatic heterocycles. The van der Waals surface area contributed by atoms with E-state index in [-0.39, 0.29) is 0 Å². The standard InChI is InChI=1S/C14H17N3/c1-4-13(10-11-15-2)12-16-17(3)14-8-6-5-7-9-14/h4-12H,1H2,2-3H3/p+1/b13-10+,15-11?,16-12+. The molecule has 17 heavy (non-hydrogen) atoms. The molecule has 0 spiro atoms. The smallest absolute Gasteiger partial charge is 0.162 e. The topological polar surface area (TPSA) is 29.6 Å². The Labute approximate surface area is 102 Å². The van der Waals surface area contributed by atoms with Gasteiger partial charge in [0.25, 0.3) is 0 Å². The van der Waals surface area contributed by atoms with Crippen LogP contribution in [-0.4, -0.2) is 26.5 Å². The van der Waals surface area contributed by atoms with Crippen molar-refractivity contribution in [2.45, 2.75) is 0 Å². The second-order valence-corrected chi connectivity index (χ2v) is 3.43. The molecular formula is C14H18N3+. The van der Waals surface area contributed by atoms with Gasteiger partial charge in [-0.15, -0.1) is 0 Å². The van der Waals surface area contributed by atoms with Gasteiger partial charge in [0, 0.05) is 13.1 Å². The van der Waals surface area contributed by atoms with Crippen LogP contribution in [-0.2, 0) is 0 Å². The van der Waals surface area contributed by atoms with Crippen LogP contribution in [0.5, 0.6) is 0 Å². The molecule has 1 N–H and O–H groups in total. The van der Waals surface area contributed by atoms with E-state index in [1.807, 2.05) is 61.7 Å². The SMILES string of the molecule is C=CC(/C=N/N(C)c1ccccc1)=C\C=[NH+]C. The van der Waals surface area contributed by atoms with Gasteiger partial charge in [-0.3, -0.25) is 10.0 Å². The van der Waals surface area contributed by atoms with E-state index in [1.54, 1.807) is 12.3 Å². The average molecular weight is 228 g/mol. The van der Waals surface area contributed by atoms with Gasteiger partial charge in [0.1, 0.15) is 7.05 Å². The van der Waals surface area contributed by atoms with E-state index < -0.39 is 0 Å². The molecule has 3 nitrogen and oxygen atoms in total. The van der Waals surface area contributed by atoms with Crippen LogP contribution in [0.2, 0.25) is 0 Å². The fourth-order valence-electron chi connectivity index (χ4n) is 1.21. The number of hydrazone groups is 1. The Bertz CT molecular complexity index is 430. The maximum atomic E-state index is 4.34. The second kappa shape index (κ2) is 7.17. The van der Waals surface area contributed by atoms with Crippen molar-refractivity contribution in [3.63, 3.8) is 0 Å². The molecule has 0 fully saturated rings. The first-order chi connectivity index (χ1) is 8.27. The largest absolute Gasteiger partial charge is 0.269 e. The number of allylic oxidation sites excluding steroid dienone is 3. The second-order valence-electron chi connectivity index (χ2n) is 3.43. The summed E-state index contributed by atoms with van der Waals surface area (Å²) >= 11 is 0. The van der Waals surface area contributed by atoms with Crippen LogP contribution in [0.1, 0.15) is 0 Å². The zero-order valence-corrected chi connectivity index (χ0v) is 10.3. The Morgan fingerprint density at radius 2 is 2.06 bits per heavy atom. The minimum Gasteiger partial charge on any atom is -0.269 e. The predicted molar refractivity (Wildman–Crippen MR) is 74.6 cm³/mol. The van der Waals surface area contributed by atoms with Gasteiger partial charge in [-0.05, 0) is 17.7 Å². The molecule has 0 aliphatic rings. The quantitative estimate of drug-likeness (QED) is 0.455. The number of rotatable bonds is 5. The molecule has 0 amide bonds. The zero-order valence-electron chi connectivity index (χ0n) is 10.3. The van der Waals surface area contributed by atoms with E-state index in [1.165, 1.54) is 0 Å². The van der Waals surface area contributed by atoms with E-state index in [9.17, 15) is 0 Å². The number of nitrogens with zero attached hydrogens (tertiary/aromatic N) is 2. The van der Waals surface area contributed by atoms with E-state index in [2.05, 4.69) is 16.7 Å². The van der Waals surface area contributed by atoms with Crippen LogP contribution in [0.3, 0.4) is 0 Å². The van der Waals surface area contributed by atoms with Crippen molar-refractivity contribution < 1.29 is 4.99 Å². The van der Waals surface area contributed by atoms with Gasteiger partial charge in [-0.25, -0.2) is 0 Å². The van der Waals surface area contributed by atoms with Crippen LogP contribution in [0.15, 0.2) is 59.7 Å². The van der Waals surface area contributed by atoms with Crippen molar-refractivity contribution >= 4 is 18.1 Å². The minimum atomic E-state index is 0.946. The van der Waals surface area contributed by atoms with Crippen LogP contribution in [0.4, 0.5) is 5.69 Å². The maximum absolute atomic E-state index is 4.34. The molecule has 1 aromatic carbocycles. The number of benzene rings is 1. The molecular weight excluding hydrogens is 210 g/mol. The highest BCUT2D eigenvalue weighted by molar-refractivity contribution is 5.88. The summed E-state index contributed by atoms with van der Waals surface area (Å²) in [5.41, 5.74) is 1.99. The van der Waals surface area contributed by atoms with E-state index in [0.717, 1.165) is 11.3 Å². The Hall–Kier alpha value is -2.16. The van der Waals surface area contributed by atoms with Gasteiger partial charge in [-0.1, -0.05) is 30.9 Å². The molecule has 0 aliphatic carbocycles. The summed E-state index contributed by atoms with van der Waals surface area (Å²) in [5, 5.41) is 6.16. The van der Waals surface area contributed by atoms with Crippen molar-refractivity contribution in [1.29, 1.82) is 0 Å². The van der Waals surface area contributed by atoms with Gasteiger partial charge in [-0.2, -0.15) is 5.10 Å². The molecule has 0 saturated carbocycles. The highest BCUT2D eigenvalue weighted by Crippen LogP contribution is 2.10. The number of anilines is 1. The van der Waals surface area contributed by atoms with E-state index >= 15 is 0 Å². The molecule has 1 rings (SSSR count). The normalized spacial score (nSPS) is 12.2. The molecule has 0 saturated heterocycles. The summed E-state index contributed by atoms with van der Waals surface area (Å²) in [4.78, 5) is 2.93. The molecule has 88 valence electrons. The molecule has 3 heteroatoms. The number of hydrogen-bond acceptors (Lipinski definition) is 2. The highest BCUT2D eigenvalue weighted by atomic mass is 15.4. The third-order valence-corrected chi connectivity index (χ3v) is 2.19. The fraction of sp³-hybridized carbons (Fsp3) is 0.143. The lowest BCUT2D eigenvalue weighted by Crippen LogP contribution is -2.62. The Morgan fingerprint density at radius 3 is 2.65 bits per heavy atom. The van der Waals surface area contributed by atoms with Gasteiger partial charge in [0.05, 0.1) is 11.9 Å². The van der Waals surface area contributed by atoms with Crippen LogP contribution in [0, 0.1) is 0 Å². The first-order valence-corrected chi connectivity index (χ1v) is 5.44. The monoisotopic (exact) mass is 228 g/mol. The van der Waals surface area contributed by atoms with Gasteiger partial charge >= 0.3 is 0 Å². The third kappa shape index (κ3) is 4.47. The summed E-state index contributed by atoms with van der Waals surface area (Å²) in [7, 11) is 3.76. The average Bonchev–Trinajstić information content (AvgIpc) is 2.39. The Morgan fingerprint density at radius 1 is 1.35 bits per heavy atom. The van der Waals surface area contributed by atoms with Crippen molar-refractivity contribution in [1.82, 2.24) is 0 Å². The number of nitrogens with one attached hydrogen (secondary N) is 1. The first-order valence-electron chi connectivity index (χ1n) is 5.44. The number of para-hydroxylation sites is 1. The first kappa shape index (κ1) is 12.9. The predicted octanol–water partition coefficient (Wildman–Crippen LogP) is 1.00. The molecule has 0 aliphatic heterocycles. The molecule has 0 atom stereocenters. The van der Waals surface area contributed by atoms with Crippen molar-refractivity contribution in [3.8, 4) is 0 Å². The lowest BCUT2D eigenvalue weighted by atomic mass is 10.3. The number of hydrogen-bond donors (Lipinski definition) is 1. The summed E-state index contributed by atoms with van der Waals surface area (Å²) in [6.07, 6.45) is 7.28. The van der Waals surface area contributed by atoms with Crippen molar-refractivity contribution in [2.75, 3.05) is 19.1 Å². The summed E-state index contributed by atoms with van der Waals surface area (Å²) in [5.74, 6) is 0. The van der Waals surface area contributed by atoms with E-state index in [4.69, 9.17) is 0 Å². The molecule has 0 radical (unpaired) electrons. The van der Waals surface area contributed by atoms with Gasteiger partial charge in [0.15, 0.2) is 6.21 Å². The Kier molecular flexibility index (Phi) is 5.44. The van der Waals surface area contributed by atoms with Crippen molar-refractivity contribution in [3.05, 3.63) is 54.6 Å². The molecule has 1 aromatic rings. The fourth-order valence-corrected chi connectivity index (χ4v) is 1.21. The van der Waals surface area contributed by atoms with Crippen LogP contribution < -0.4 is 10.0 Å². The van der Waals surface area contributed by atoms with Gasteiger partial charge < -0.3 is 0 Å². The summed E-state index contributed by atoms with van der Waals surface area (Å²) in [6.45, 7) is 3.74. The summed E-state index contributed by atoms with van der Waals surface area (Å²) < 4.78 is 0. The van der Waals surface area contributed by atoms with Crippen molar-refractivity contribution in [2.24, 2.45) is 5.10 Å². The molecule has 0 bridgehead atoms. The van der Waals surface area contributed by atoms with Crippen LogP contribution in [0.25, 0.3) is 0 Å². The Balaban J connectivity index is 2.73. The molecule has 0 unspecified atom stereocenters. The lowest BCUT2D eigenvalue weighted by molar-refractivity contribution is -0.413. The van der Waals surface area contributed by atoms with Gasteiger partial charge in [0.2, 0.25) is 0 Å². The zero-order chi connectivity index (χ0) is 12.5. The summed E-state index contributed by atoms with van der Waals surface area (Å²) in [6, 6.07) is 9.97. The third-order valence-electron chi connectivity index (χ3n) is 2.19. The molecule has 0 heterocycles. The van der Waals surface area contributed by atoms with Crippen LogP contribution >= 0.6 is 0 Å². The lowest BCUT2D eigenvalue weighted by Gasteiger charge is -2.11. The maximum Gasteiger partial charge on any atom is 0.162 e. The minimum absolute atomic E-state index is 0.946.